The van der Waals surface area contributed by atoms with E-state index in [-0.39, 0.29) is 19.7 Å². The van der Waals surface area contributed by atoms with Crippen LogP contribution in [-0.4, -0.2) is 52.8 Å². The molecule has 72 heavy (non-hydrogen) atoms. The fourth-order valence-electron chi connectivity index (χ4n) is 6.76. The van der Waals surface area contributed by atoms with Crippen LogP contribution >= 0.6 is 23.2 Å². The van der Waals surface area contributed by atoms with Crippen LogP contribution in [0.25, 0.3) is 11.1 Å². The molecule has 0 spiro atoms. The average Bonchev–Trinajstić information content (AvgIpc) is 3.38. The molecule has 14 nitrogen and oxygen atoms in total. The maximum absolute atomic E-state index is 10.6. The van der Waals surface area contributed by atoms with Crippen LogP contribution in [0.1, 0.15) is 76.4 Å². The van der Waals surface area contributed by atoms with E-state index in [1.165, 1.54) is 12.4 Å². The van der Waals surface area contributed by atoms with E-state index in [2.05, 4.69) is 64.8 Å². The van der Waals surface area contributed by atoms with Gasteiger partial charge in [0.25, 0.3) is 6.47 Å². The summed E-state index contributed by atoms with van der Waals surface area (Å²) in [5, 5.41) is 40.9. The number of allylic oxidation sites excluding steroid dienone is 1. The number of nitriles is 2. The van der Waals surface area contributed by atoms with Crippen LogP contribution in [0.4, 0.5) is 0 Å². The number of aromatic nitrogens is 2. The number of carbonyl (C=O) groups is 2. The van der Waals surface area contributed by atoms with Gasteiger partial charge >= 0.3 is 5.97 Å². The highest BCUT2D eigenvalue weighted by atomic mass is 35.5. The molecule has 0 aliphatic heterocycles. The topological polar surface area (TPSA) is 209 Å². The van der Waals surface area contributed by atoms with Crippen molar-refractivity contribution < 1.29 is 38.7 Å². The lowest BCUT2D eigenvalue weighted by Crippen LogP contribution is -2.14. The van der Waals surface area contributed by atoms with Crippen LogP contribution < -0.4 is 24.8 Å². The number of halogens is 2. The smallest absolute Gasteiger partial charge is 0.328 e. The van der Waals surface area contributed by atoms with Crippen molar-refractivity contribution in [2.45, 2.75) is 74.1 Å². The summed E-state index contributed by atoms with van der Waals surface area (Å²) in [5.74, 6) is 0.726. The Labute approximate surface area is 432 Å². The second-order valence-corrected chi connectivity index (χ2v) is 16.0. The van der Waals surface area contributed by atoms with Gasteiger partial charge in [-0.1, -0.05) is 97.7 Å². The van der Waals surface area contributed by atoms with Gasteiger partial charge in [0.05, 0.1) is 27.8 Å². The van der Waals surface area contributed by atoms with Crippen molar-refractivity contribution in [3.8, 4) is 40.5 Å². The summed E-state index contributed by atoms with van der Waals surface area (Å²) in [4.78, 5) is 27.0. The van der Waals surface area contributed by atoms with Crippen LogP contribution in [0.2, 0.25) is 10.0 Å². The molecule has 6 aromatic rings. The number of nitrogens with one attached hydrogen (secondary N) is 2. The van der Waals surface area contributed by atoms with Gasteiger partial charge in [-0.2, -0.15) is 10.5 Å². The van der Waals surface area contributed by atoms with Gasteiger partial charge in [0, 0.05) is 81.3 Å². The van der Waals surface area contributed by atoms with Crippen LogP contribution in [0.15, 0.2) is 128 Å². The van der Waals surface area contributed by atoms with Crippen LogP contribution in [-0.2, 0) is 53.8 Å². The number of pyridine rings is 2. The van der Waals surface area contributed by atoms with Crippen molar-refractivity contribution in [1.82, 2.24) is 20.6 Å². The Morgan fingerprint density at radius 1 is 0.667 bits per heavy atom. The molecule has 2 heterocycles. The molecule has 0 fully saturated rings. The van der Waals surface area contributed by atoms with Crippen molar-refractivity contribution in [2.75, 3.05) is 20.2 Å². The molecule has 2 aromatic heterocycles. The first-order chi connectivity index (χ1) is 34.9. The predicted molar refractivity (Wildman–Crippen MR) is 281 cm³/mol. The quantitative estimate of drug-likeness (QED) is 0.0229. The highest BCUT2D eigenvalue weighted by Gasteiger charge is 2.16. The minimum Gasteiger partial charge on any atom is -0.488 e. The lowest BCUT2D eigenvalue weighted by atomic mass is 9.92. The molecule has 0 radical (unpaired) electrons. The molecular formula is C56H60Cl2N6O8. The Morgan fingerprint density at radius 2 is 1.19 bits per heavy atom. The zero-order valence-corrected chi connectivity index (χ0v) is 42.8. The van der Waals surface area contributed by atoms with Crippen molar-refractivity contribution in [1.29, 1.82) is 10.5 Å². The molecule has 6 rings (SSSR count). The maximum atomic E-state index is 10.6. The number of methoxy groups -OCH3 is 1. The van der Waals surface area contributed by atoms with Crippen molar-refractivity contribution in [3.63, 3.8) is 0 Å². The molecule has 0 atom stereocenters. The van der Waals surface area contributed by atoms with Gasteiger partial charge < -0.3 is 39.8 Å². The van der Waals surface area contributed by atoms with Gasteiger partial charge in [0.15, 0.2) is 0 Å². The average molecular weight is 1020 g/mol. The third-order valence-electron chi connectivity index (χ3n) is 10.3. The summed E-state index contributed by atoms with van der Waals surface area (Å²) < 4.78 is 23.7. The zero-order valence-electron chi connectivity index (χ0n) is 41.2. The number of ether oxygens (including phenoxy) is 4. The Hall–Kier alpha value is -7.56. The van der Waals surface area contributed by atoms with Gasteiger partial charge in [-0.3, -0.25) is 14.8 Å². The molecule has 0 saturated carbocycles. The minimum absolute atomic E-state index is 0.226. The lowest BCUT2D eigenvalue weighted by Gasteiger charge is -2.18. The molecule has 0 unspecified atom stereocenters. The number of carboxylic acid groups (broad SMARTS) is 2. The van der Waals surface area contributed by atoms with Crippen molar-refractivity contribution in [3.05, 3.63) is 194 Å². The highest BCUT2D eigenvalue weighted by Crippen LogP contribution is 2.36. The van der Waals surface area contributed by atoms with E-state index in [0.717, 1.165) is 61.7 Å². The fourth-order valence-corrected chi connectivity index (χ4v) is 7.25. The first-order valence-electron chi connectivity index (χ1n) is 22.8. The monoisotopic (exact) mass is 1010 g/mol. The predicted octanol–water partition coefficient (Wildman–Crippen LogP) is 11.5. The van der Waals surface area contributed by atoms with E-state index in [0.29, 0.717) is 77.8 Å². The van der Waals surface area contributed by atoms with Crippen LogP contribution in [0.5, 0.6) is 17.2 Å². The minimum atomic E-state index is -0.975. The second kappa shape index (κ2) is 33.1. The molecule has 16 heteroatoms. The van der Waals surface area contributed by atoms with E-state index >= 15 is 0 Å². The third kappa shape index (κ3) is 19.7. The zero-order chi connectivity index (χ0) is 52.7. The first-order valence-corrected chi connectivity index (χ1v) is 23.5. The Balaban J connectivity index is 0.000000735. The van der Waals surface area contributed by atoms with E-state index in [1.807, 2.05) is 81.5 Å². The molecule has 4 N–H and O–H groups in total. The van der Waals surface area contributed by atoms with Crippen molar-refractivity contribution in [2.24, 2.45) is 0 Å². The van der Waals surface area contributed by atoms with Gasteiger partial charge in [-0.15, -0.1) is 0 Å². The number of nitrogens with zero attached hydrogens (tertiary/aromatic N) is 4. The van der Waals surface area contributed by atoms with E-state index in [1.54, 1.807) is 37.7 Å². The van der Waals surface area contributed by atoms with Crippen LogP contribution in [0.3, 0.4) is 0 Å². The van der Waals surface area contributed by atoms with Crippen LogP contribution in [0, 0.1) is 36.5 Å². The fraction of sp³-hybridized carbons (Fsp3) is 0.250. The van der Waals surface area contributed by atoms with E-state index < -0.39 is 5.97 Å². The van der Waals surface area contributed by atoms with Gasteiger partial charge in [-0.25, -0.2) is 4.79 Å². The number of rotatable bonds is 21. The summed E-state index contributed by atoms with van der Waals surface area (Å²) in [7, 11) is 1.61. The molecule has 376 valence electrons. The maximum Gasteiger partial charge on any atom is 0.328 e. The normalized spacial score (nSPS) is 10.4. The Kier molecular flexibility index (Phi) is 27.0. The van der Waals surface area contributed by atoms with E-state index in [9.17, 15) is 10.1 Å². The van der Waals surface area contributed by atoms with Gasteiger partial charge in [-0.05, 0) is 95.6 Å². The Bertz CT molecular complexity index is 2820. The number of hydrogen-bond acceptors (Lipinski definition) is 12. The number of hydrogen-bond donors (Lipinski definition) is 4. The molecule has 0 aliphatic rings. The number of carboxylic acids is 1. The molecule has 0 aliphatic carbocycles. The molecule has 4 aromatic carbocycles. The largest absolute Gasteiger partial charge is 0.488 e. The molecule has 0 saturated heterocycles. The molecule has 0 bridgehead atoms. The third-order valence-corrected chi connectivity index (χ3v) is 10.9. The van der Waals surface area contributed by atoms with E-state index in [4.69, 9.17) is 62.4 Å². The van der Waals surface area contributed by atoms with Gasteiger partial charge in [0.2, 0.25) is 0 Å². The summed E-state index contributed by atoms with van der Waals surface area (Å²) >= 11 is 13.4. The standard InChI is InChI=1S/C45H44Cl2N4O5.C8H8N2O.C2H6.CH2O2/c1-4-5-16-50-26-37-20-41(47)44(21-43(37)54-27-34-18-33(22-48)24-51-25-34)56-29-36-10-7-12-39(31(36)3)38-11-6-9-35(30(38)2)28-55-42-15-14-32(19-40(42)46)23-49-17-8-13-45(52)53;1-11-6-8-2-7(3-9)4-10-5-8;1-2;2-1-3/h4-15,18-21,24-25,49-50H,16-17,23,26-29H2,1-3H3,(H,52,53);2,4-5H,6H2,1H3;1-2H3;1H,(H,2,3)/b5-4+,13-8+;;;. The summed E-state index contributed by atoms with van der Waals surface area (Å²) in [6, 6.07) is 29.3. The summed E-state index contributed by atoms with van der Waals surface area (Å²) in [5.41, 5.74) is 11.0. The van der Waals surface area contributed by atoms with Gasteiger partial charge in [0.1, 0.15) is 49.2 Å². The number of aliphatic carboxylic acids is 1. The summed E-state index contributed by atoms with van der Waals surface area (Å²) in [6.07, 6.45) is 13.1. The number of benzene rings is 4. The first kappa shape index (κ1) is 58.8. The highest BCUT2D eigenvalue weighted by molar-refractivity contribution is 6.32. The SMILES string of the molecule is C/C=C/CNCc1cc(Cl)c(OCc2cccc(-c3cccc(COc4ccc(CNC/C=C/C(=O)O)cc4Cl)c3C)c2C)cc1OCc1cncc(C#N)c1.CC.COCc1cncc(C#N)c1.O=CO. The lowest BCUT2D eigenvalue weighted by molar-refractivity contribution is -0.131. The second-order valence-electron chi connectivity index (χ2n) is 15.2. The van der Waals surface area contributed by atoms with Crippen molar-refractivity contribution >= 4 is 35.6 Å². The Morgan fingerprint density at radius 3 is 1.74 bits per heavy atom. The molecular weight excluding hydrogens is 956 g/mol. The molecule has 0 amide bonds. The summed E-state index contributed by atoms with van der Waals surface area (Å²) in [6.45, 7) is 13.5.